The molecule has 1 fully saturated rings. The standard InChI is InChI=1S/C27H28F2N4O3/c1-3-18-10-19(4-6-21(18)14-33-9-8-22(15-33)26(34)35)17(2)32-36-16-23-7-5-20(11-25(23)28)24-12-30-27(29)31-13-24/h4-7,10-13,22H,3,8-9,14-16H2,1-2H3,(H,34,35). The van der Waals surface area contributed by atoms with Crippen molar-refractivity contribution in [2.45, 2.75) is 39.8 Å². The number of hydrogen-bond acceptors (Lipinski definition) is 6. The van der Waals surface area contributed by atoms with Crippen LogP contribution >= 0.6 is 0 Å². The number of carboxylic acids is 1. The van der Waals surface area contributed by atoms with Gasteiger partial charge >= 0.3 is 12.0 Å². The highest BCUT2D eigenvalue weighted by atomic mass is 19.1. The Kier molecular flexibility index (Phi) is 8.00. The molecule has 4 rings (SSSR count). The number of oxime groups is 1. The fraction of sp³-hybridized carbons (Fsp3) is 0.333. The Hall–Kier alpha value is -3.72. The minimum Gasteiger partial charge on any atom is -0.481 e. The van der Waals surface area contributed by atoms with Crippen LogP contribution in [-0.4, -0.2) is 44.7 Å². The molecule has 1 N–H and O–H groups in total. The van der Waals surface area contributed by atoms with Crippen LogP contribution in [0.1, 0.15) is 42.5 Å². The van der Waals surface area contributed by atoms with Gasteiger partial charge in [0.1, 0.15) is 12.4 Å². The van der Waals surface area contributed by atoms with Gasteiger partial charge in [0.2, 0.25) is 0 Å². The highest BCUT2D eigenvalue weighted by molar-refractivity contribution is 5.98. The lowest BCUT2D eigenvalue weighted by molar-refractivity contribution is -0.141. The van der Waals surface area contributed by atoms with Crippen molar-refractivity contribution in [1.82, 2.24) is 14.9 Å². The van der Waals surface area contributed by atoms with Crippen molar-refractivity contribution in [1.29, 1.82) is 0 Å². The molecule has 0 aliphatic carbocycles. The molecule has 1 aliphatic rings. The van der Waals surface area contributed by atoms with Gasteiger partial charge in [-0.2, -0.15) is 4.39 Å². The number of hydrogen-bond donors (Lipinski definition) is 1. The van der Waals surface area contributed by atoms with Gasteiger partial charge in [0.05, 0.1) is 11.6 Å². The van der Waals surface area contributed by atoms with Gasteiger partial charge in [-0.05, 0) is 60.7 Å². The highest BCUT2D eigenvalue weighted by Gasteiger charge is 2.28. The van der Waals surface area contributed by atoms with Gasteiger partial charge < -0.3 is 9.94 Å². The largest absolute Gasteiger partial charge is 0.481 e. The third-order valence-electron chi connectivity index (χ3n) is 6.45. The molecule has 0 saturated carbocycles. The summed E-state index contributed by atoms with van der Waals surface area (Å²) < 4.78 is 27.5. The maximum absolute atomic E-state index is 14.6. The third kappa shape index (κ3) is 6.09. The average molecular weight is 495 g/mol. The van der Waals surface area contributed by atoms with Crippen molar-refractivity contribution in [3.63, 3.8) is 0 Å². The molecule has 7 nitrogen and oxygen atoms in total. The van der Waals surface area contributed by atoms with Crippen molar-refractivity contribution in [3.05, 3.63) is 82.9 Å². The number of carbonyl (C=O) groups is 1. The summed E-state index contributed by atoms with van der Waals surface area (Å²) in [7, 11) is 0. The smallest absolute Gasteiger partial charge is 0.308 e. The maximum atomic E-state index is 14.6. The second-order valence-corrected chi connectivity index (χ2v) is 8.89. The molecule has 2 heterocycles. The molecule has 1 unspecified atom stereocenters. The van der Waals surface area contributed by atoms with E-state index in [0.717, 1.165) is 25.1 Å². The molecule has 3 aromatic rings. The minimum atomic E-state index is -0.835. The summed E-state index contributed by atoms with van der Waals surface area (Å²) in [5.41, 5.74) is 5.32. The summed E-state index contributed by atoms with van der Waals surface area (Å²) in [6.45, 7) is 5.96. The van der Waals surface area contributed by atoms with Gasteiger partial charge in [-0.1, -0.05) is 36.3 Å². The zero-order valence-electron chi connectivity index (χ0n) is 20.2. The van der Waals surface area contributed by atoms with E-state index in [1.165, 1.54) is 29.6 Å². The third-order valence-corrected chi connectivity index (χ3v) is 6.45. The fourth-order valence-corrected chi connectivity index (χ4v) is 4.31. The number of carboxylic acid groups (broad SMARTS) is 1. The summed E-state index contributed by atoms with van der Waals surface area (Å²) in [5.74, 6) is -1.48. The summed E-state index contributed by atoms with van der Waals surface area (Å²) >= 11 is 0. The van der Waals surface area contributed by atoms with Crippen molar-refractivity contribution in [2.75, 3.05) is 13.1 Å². The van der Waals surface area contributed by atoms with Crippen LogP contribution in [0, 0.1) is 17.8 Å². The molecular formula is C27H28F2N4O3. The Morgan fingerprint density at radius 2 is 1.86 bits per heavy atom. The van der Waals surface area contributed by atoms with Gasteiger partial charge in [-0.15, -0.1) is 0 Å². The molecule has 1 atom stereocenters. The molecule has 0 amide bonds. The number of aryl methyl sites for hydroxylation is 1. The van der Waals surface area contributed by atoms with E-state index < -0.39 is 17.9 Å². The van der Waals surface area contributed by atoms with E-state index in [4.69, 9.17) is 4.84 Å². The van der Waals surface area contributed by atoms with E-state index in [1.807, 2.05) is 13.0 Å². The van der Waals surface area contributed by atoms with Crippen molar-refractivity contribution >= 4 is 11.7 Å². The van der Waals surface area contributed by atoms with E-state index in [2.05, 4.69) is 39.1 Å². The number of aliphatic carboxylic acids is 1. The number of aromatic nitrogens is 2. The van der Waals surface area contributed by atoms with Crippen molar-refractivity contribution in [2.24, 2.45) is 11.1 Å². The Morgan fingerprint density at radius 1 is 1.11 bits per heavy atom. The quantitative estimate of drug-likeness (QED) is 0.260. The molecular weight excluding hydrogens is 466 g/mol. The number of likely N-dealkylation sites (tertiary alicyclic amines) is 1. The van der Waals surface area contributed by atoms with Crippen LogP contribution in [0.25, 0.3) is 11.1 Å². The Morgan fingerprint density at radius 3 is 2.53 bits per heavy atom. The normalized spacial score (nSPS) is 16.3. The van der Waals surface area contributed by atoms with Crippen LogP contribution in [0.3, 0.4) is 0 Å². The van der Waals surface area contributed by atoms with E-state index in [1.54, 1.807) is 12.1 Å². The van der Waals surface area contributed by atoms with Gasteiger partial charge in [0, 0.05) is 36.6 Å². The summed E-state index contributed by atoms with van der Waals surface area (Å²) in [6, 6.07) is 10.7. The molecule has 1 aliphatic heterocycles. The summed E-state index contributed by atoms with van der Waals surface area (Å²) in [4.78, 5) is 25.8. The van der Waals surface area contributed by atoms with E-state index in [9.17, 15) is 18.7 Å². The minimum absolute atomic E-state index is 0.0399. The van der Waals surface area contributed by atoms with Gasteiger partial charge in [0.15, 0.2) is 0 Å². The summed E-state index contributed by atoms with van der Waals surface area (Å²) in [5, 5.41) is 13.4. The lowest BCUT2D eigenvalue weighted by atomic mass is 9.99. The van der Waals surface area contributed by atoms with E-state index in [-0.39, 0.29) is 12.5 Å². The number of nitrogens with zero attached hydrogens (tertiary/aromatic N) is 4. The molecule has 0 radical (unpaired) electrons. The molecule has 9 heteroatoms. The van der Waals surface area contributed by atoms with Gasteiger partial charge in [-0.25, -0.2) is 14.4 Å². The maximum Gasteiger partial charge on any atom is 0.308 e. The Bertz CT molecular complexity index is 1260. The first kappa shape index (κ1) is 25.4. The van der Waals surface area contributed by atoms with Crippen LogP contribution in [0.5, 0.6) is 0 Å². The van der Waals surface area contributed by atoms with Gasteiger partial charge in [-0.3, -0.25) is 9.69 Å². The molecule has 0 bridgehead atoms. The number of rotatable bonds is 9. The van der Waals surface area contributed by atoms with Crippen LogP contribution in [-0.2, 0) is 29.2 Å². The first-order chi connectivity index (χ1) is 17.3. The second kappa shape index (κ2) is 11.3. The monoisotopic (exact) mass is 494 g/mol. The molecule has 36 heavy (non-hydrogen) atoms. The lowest BCUT2D eigenvalue weighted by Crippen LogP contribution is -2.23. The van der Waals surface area contributed by atoms with Crippen LogP contribution in [0.15, 0.2) is 53.9 Å². The zero-order valence-corrected chi connectivity index (χ0v) is 20.2. The topological polar surface area (TPSA) is 87.9 Å². The molecule has 2 aromatic carbocycles. The molecule has 188 valence electrons. The summed E-state index contributed by atoms with van der Waals surface area (Å²) in [6.07, 6.45) is 3.29. The first-order valence-electron chi connectivity index (χ1n) is 11.8. The Labute approximate surface area is 208 Å². The fourth-order valence-electron chi connectivity index (χ4n) is 4.31. The molecule has 1 saturated heterocycles. The number of benzene rings is 2. The van der Waals surface area contributed by atoms with E-state index in [0.29, 0.717) is 35.4 Å². The van der Waals surface area contributed by atoms with Crippen molar-refractivity contribution < 1.29 is 23.5 Å². The SMILES string of the molecule is CCc1cc(C(C)=NOCc2ccc(-c3cnc(F)nc3)cc2F)ccc1CN1CCC(C(=O)O)C1. The predicted octanol–water partition coefficient (Wildman–Crippen LogP) is 4.83. The van der Waals surface area contributed by atoms with Crippen LogP contribution in [0.2, 0.25) is 0 Å². The second-order valence-electron chi connectivity index (χ2n) is 8.89. The van der Waals surface area contributed by atoms with Crippen molar-refractivity contribution in [3.8, 4) is 11.1 Å². The zero-order chi connectivity index (χ0) is 25.7. The van der Waals surface area contributed by atoms with Gasteiger partial charge in [0.25, 0.3) is 0 Å². The molecule has 0 spiro atoms. The highest BCUT2D eigenvalue weighted by Crippen LogP contribution is 2.23. The first-order valence-corrected chi connectivity index (χ1v) is 11.8. The van der Waals surface area contributed by atoms with Crippen LogP contribution in [0.4, 0.5) is 8.78 Å². The Balaban J connectivity index is 1.38. The van der Waals surface area contributed by atoms with Crippen LogP contribution < -0.4 is 0 Å². The predicted molar refractivity (Wildman–Crippen MR) is 131 cm³/mol. The number of halogens is 2. The van der Waals surface area contributed by atoms with E-state index >= 15 is 0 Å². The molecule has 1 aromatic heterocycles. The lowest BCUT2D eigenvalue weighted by Gasteiger charge is -2.18. The average Bonchev–Trinajstić information content (AvgIpc) is 3.34.